The molecule has 0 amide bonds. The van der Waals surface area contributed by atoms with E-state index < -0.39 is 0 Å². The van der Waals surface area contributed by atoms with Crippen molar-refractivity contribution in [1.82, 2.24) is 4.90 Å². The van der Waals surface area contributed by atoms with Gasteiger partial charge in [0, 0.05) is 12.1 Å². The summed E-state index contributed by atoms with van der Waals surface area (Å²) in [7, 11) is 0. The van der Waals surface area contributed by atoms with Crippen LogP contribution in [0.15, 0.2) is 0 Å². The lowest BCUT2D eigenvalue weighted by molar-refractivity contribution is 0.109. The van der Waals surface area contributed by atoms with Gasteiger partial charge >= 0.3 is 0 Å². The normalized spacial score (nSPS) is 28.7. The van der Waals surface area contributed by atoms with Crippen LogP contribution in [0.1, 0.15) is 45.4 Å². The lowest BCUT2D eigenvalue weighted by atomic mass is 9.77. The molecule has 14 heavy (non-hydrogen) atoms. The van der Waals surface area contributed by atoms with Crippen LogP contribution in [0.3, 0.4) is 0 Å². The molecule has 0 bridgehead atoms. The Morgan fingerprint density at radius 1 is 1.29 bits per heavy atom. The molecule has 2 aliphatic rings. The van der Waals surface area contributed by atoms with Gasteiger partial charge in [-0.05, 0) is 51.1 Å². The van der Waals surface area contributed by atoms with Gasteiger partial charge in [-0.2, -0.15) is 0 Å². The van der Waals surface area contributed by atoms with Crippen molar-refractivity contribution in [3.05, 3.63) is 0 Å². The van der Waals surface area contributed by atoms with Crippen molar-refractivity contribution in [2.45, 2.75) is 51.0 Å². The maximum atomic E-state index is 6.26. The quantitative estimate of drug-likeness (QED) is 0.748. The molecule has 0 unspecified atom stereocenters. The third kappa shape index (κ3) is 2.29. The highest BCUT2D eigenvalue weighted by Crippen LogP contribution is 2.31. The van der Waals surface area contributed by atoms with Crippen LogP contribution in [-0.4, -0.2) is 30.1 Å². The molecule has 1 heterocycles. The summed E-state index contributed by atoms with van der Waals surface area (Å²) in [6.07, 6.45) is 8.00. The molecular formula is C12H24N2. The summed E-state index contributed by atoms with van der Waals surface area (Å²) in [4.78, 5) is 2.59. The maximum Gasteiger partial charge on any atom is 0.0283 e. The van der Waals surface area contributed by atoms with Crippen molar-refractivity contribution in [3.8, 4) is 0 Å². The third-order valence-electron chi connectivity index (χ3n) is 4.17. The van der Waals surface area contributed by atoms with Gasteiger partial charge in [0.1, 0.15) is 0 Å². The predicted molar refractivity (Wildman–Crippen MR) is 60.2 cm³/mol. The molecule has 0 spiro atoms. The second-order valence-electron chi connectivity index (χ2n) is 5.34. The molecule has 2 heteroatoms. The lowest BCUT2D eigenvalue weighted by Crippen LogP contribution is -2.56. The van der Waals surface area contributed by atoms with E-state index in [2.05, 4.69) is 11.8 Å². The van der Waals surface area contributed by atoms with E-state index in [9.17, 15) is 0 Å². The van der Waals surface area contributed by atoms with Gasteiger partial charge in [-0.25, -0.2) is 0 Å². The van der Waals surface area contributed by atoms with Gasteiger partial charge in [0.15, 0.2) is 0 Å². The molecule has 0 aromatic carbocycles. The van der Waals surface area contributed by atoms with Crippen LogP contribution in [0.2, 0.25) is 0 Å². The highest BCUT2D eigenvalue weighted by molar-refractivity contribution is 4.95. The van der Waals surface area contributed by atoms with Crippen LogP contribution < -0.4 is 5.73 Å². The summed E-state index contributed by atoms with van der Waals surface area (Å²) in [5.41, 5.74) is 6.45. The minimum atomic E-state index is 0.194. The number of hydrogen-bond donors (Lipinski definition) is 1. The molecule has 0 atom stereocenters. The van der Waals surface area contributed by atoms with Gasteiger partial charge in [-0.3, -0.25) is 0 Å². The van der Waals surface area contributed by atoms with E-state index in [4.69, 9.17) is 5.73 Å². The Hall–Kier alpha value is -0.0800. The highest BCUT2D eigenvalue weighted by atomic mass is 15.2. The Morgan fingerprint density at radius 2 is 1.93 bits per heavy atom. The van der Waals surface area contributed by atoms with Gasteiger partial charge in [0.25, 0.3) is 0 Å². The molecule has 1 aliphatic heterocycles. The van der Waals surface area contributed by atoms with Crippen molar-refractivity contribution in [1.29, 1.82) is 0 Å². The van der Waals surface area contributed by atoms with Crippen LogP contribution in [0.25, 0.3) is 0 Å². The van der Waals surface area contributed by atoms with Gasteiger partial charge < -0.3 is 10.6 Å². The Balaban J connectivity index is 1.73. The van der Waals surface area contributed by atoms with E-state index in [1.807, 2.05) is 0 Å². The first kappa shape index (κ1) is 10.4. The van der Waals surface area contributed by atoms with Gasteiger partial charge in [-0.1, -0.05) is 13.3 Å². The molecule has 82 valence electrons. The number of nitrogens with two attached hydrogens (primary N) is 1. The number of rotatable bonds is 3. The number of hydrogen-bond acceptors (Lipinski definition) is 2. The minimum absolute atomic E-state index is 0.194. The van der Waals surface area contributed by atoms with E-state index in [0.717, 1.165) is 12.5 Å². The fraction of sp³-hybridized carbons (Fsp3) is 1.00. The number of likely N-dealkylation sites (tertiary alicyclic amines) is 1. The zero-order chi connectivity index (χ0) is 10.0. The van der Waals surface area contributed by atoms with Crippen molar-refractivity contribution >= 4 is 0 Å². The second kappa shape index (κ2) is 4.19. The fourth-order valence-corrected chi connectivity index (χ4v) is 2.79. The maximum absolute atomic E-state index is 6.26. The molecule has 2 fully saturated rings. The predicted octanol–water partition coefficient (Wildman–Crippen LogP) is 1.99. The Labute approximate surface area is 87.8 Å². The Morgan fingerprint density at radius 3 is 2.36 bits per heavy atom. The van der Waals surface area contributed by atoms with E-state index >= 15 is 0 Å². The Kier molecular flexibility index (Phi) is 3.13. The monoisotopic (exact) mass is 196 g/mol. The van der Waals surface area contributed by atoms with Crippen LogP contribution in [-0.2, 0) is 0 Å². The standard InChI is InChI=1S/C12H24N2/c1-2-11-4-8-14(9-5-11)10-12(13)6-3-7-12/h11H,2-10,13H2,1H3. The van der Waals surface area contributed by atoms with E-state index in [1.165, 1.54) is 51.6 Å². The van der Waals surface area contributed by atoms with E-state index in [-0.39, 0.29) is 5.54 Å². The lowest BCUT2D eigenvalue weighted by Gasteiger charge is -2.44. The van der Waals surface area contributed by atoms with Crippen molar-refractivity contribution < 1.29 is 0 Å². The molecule has 1 aliphatic carbocycles. The fourth-order valence-electron chi connectivity index (χ4n) is 2.79. The molecule has 2 nitrogen and oxygen atoms in total. The highest BCUT2D eigenvalue weighted by Gasteiger charge is 2.34. The van der Waals surface area contributed by atoms with Gasteiger partial charge in [0.05, 0.1) is 0 Å². The molecule has 2 rings (SSSR count). The second-order valence-corrected chi connectivity index (χ2v) is 5.34. The molecule has 1 saturated carbocycles. The number of nitrogens with zero attached hydrogens (tertiary/aromatic N) is 1. The molecular weight excluding hydrogens is 172 g/mol. The zero-order valence-electron chi connectivity index (χ0n) is 9.47. The first-order valence-corrected chi connectivity index (χ1v) is 6.23. The molecule has 1 saturated heterocycles. The average molecular weight is 196 g/mol. The summed E-state index contributed by atoms with van der Waals surface area (Å²) in [5.74, 6) is 0.987. The van der Waals surface area contributed by atoms with E-state index in [0.29, 0.717) is 0 Å². The van der Waals surface area contributed by atoms with E-state index in [1.54, 1.807) is 0 Å². The summed E-state index contributed by atoms with van der Waals surface area (Å²) >= 11 is 0. The summed E-state index contributed by atoms with van der Waals surface area (Å²) in [5, 5.41) is 0. The first-order valence-electron chi connectivity index (χ1n) is 6.23. The molecule has 0 aromatic heterocycles. The Bertz CT molecular complexity index is 179. The third-order valence-corrected chi connectivity index (χ3v) is 4.17. The van der Waals surface area contributed by atoms with Crippen molar-refractivity contribution in [3.63, 3.8) is 0 Å². The van der Waals surface area contributed by atoms with Crippen molar-refractivity contribution in [2.75, 3.05) is 19.6 Å². The van der Waals surface area contributed by atoms with Crippen LogP contribution >= 0.6 is 0 Å². The van der Waals surface area contributed by atoms with Gasteiger partial charge in [-0.15, -0.1) is 0 Å². The molecule has 0 aromatic rings. The zero-order valence-corrected chi connectivity index (χ0v) is 9.47. The van der Waals surface area contributed by atoms with Crippen LogP contribution in [0.4, 0.5) is 0 Å². The average Bonchev–Trinajstić information content (AvgIpc) is 2.17. The smallest absolute Gasteiger partial charge is 0.0283 e. The van der Waals surface area contributed by atoms with Crippen LogP contribution in [0.5, 0.6) is 0 Å². The van der Waals surface area contributed by atoms with Crippen molar-refractivity contribution in [2.24, 2.45) is 11.7 Å². The summed E-state index contributed by atoms with van der Waals surface area (Å²) < 4.78 is 0. The molecule has 2 N–H and O–H groups in total. The van der Waals surface area contributed by atoms with Gasteiger partial charge in [0.2, 0.25) is 0 Å². The first-order chi connectivity index (χ1) is 6.72. The molecule has 0 radical (unpaired) electrons. The summed E-state index contributed by atoms with van der Waals surface area (Å²) in [6.45, 7) is 6.05. The SMILES string of the molecule is CCC1CCN(CC2(N)CCC2)CC1. The van der Waals surface area contributed by atoms with Crippen LogP contribution in [0, 0.1) is 5.92 Å². The number of piperidine rings is 1. The summed E-state index contributed by atoms with van der Waals surface area (Å²) in [6, 6.07) is 0. The topological polar surface area (TPSA) is 29.3 Å². The minimum Gasteiger partial charge on any atom is -0.324 e. The largest absolute Gasteiger partial charge is 0.324 e.